The molecule has 0 bridgehead atoms. The number of rotatable bonds is 49. The number of unbranched alkanes of at least 4 members (excludes halogenated alkanes) is 22. The molecular weight excluding hydrogens is 1180 g/mol. The van der Waals surface area contributed by atoms with Crippen LogP contribution in [0.15, 0.2) is 93.1 Å². The zero-order valence-electron chi connectivity index (χ0n) is 54.0. The summed E-state index contributed by atoms with van der Waals surface area (Å²) in [5, 5.41) is 1.40. The number of hydrogen-bond donors (Lipinski definition) is 3. The van der Waals surface area contributed by atoms with Gasteiger partial charge >= 0.3 is 19.8 Å². The fraction of sp³-hybridized carbons (Fsp3) is 0.632. The number of phosphoric acid groups is 1. The Bertz CT molecular complexity index is 3060. The van der Waals surface area contributed by atoms with E-state index in [1.54, 1.807) is 0 Å². The topological polar surface area (TPSA) is 228 Å². The molecule has 2 aliphatic rings. The summed E-state index contributed by atoms with van der Waals surface area (Å²) >= 11 is 0. The van der Waals surface area contributed by atoms with E-state index in [0.717, 1.165) is 120 Å². The van der Waals surface area contributed by atoms with Crippen LogP contribution in [-0.4, -0.2) is 96.9 Å². The van der Waals surface area contributed by atoms with Gasteiger partial charge in [-0.05, 0) is 122 Å². The number of nitrogens with one attached hydrogen (secondary N) is 1. The van der Waals surface area contributed by atoms with Crippen LogP contribution in [-0.2, 0) is 52.8 Å². The number of anilines is 1. The van der Waals surface area contributed by atoms with Crippen LogP contribution in [0, 0.1) is 0 Å². The predicted molar refractivity (Wildman–Crippen MR) is 355 cm³/mol. The Hall–Kier alpha value is -4.72. The minimum atomic E-state index is -5.08. The molecule has 2 aromatic rings. The molecule has 17 nitrogen and oxygen atoms in total. The summed E-state index contributed by atoms with van der Waals surface area (Å²) in [5.74, 6) is -0.642. The number of carbonyl (C=O) groups is 2. The lowest BCUT2D eigenvalue weighted by Gasteiger charge is -2.22. The quantitative estimate of drug-likeness (QED) is 0.00710. The molecule has 1 heterocycles. The van der Waals surface area contributed by atoms with Crippen molar-refractivity contribution in [3.05, 3.63) is 84.3 Å². The minimum absolute atomic E-state index is 0.0281. The zero-order valence-corrected chi connectivity index (χ0v) is 56.5. The molecule has 88 heavy (non-hydrogen) atoms. The van der Waals surface area contributed by atoms with Crippen LogP contribution in [0.4, 0.5) is 5.69 Å². The van der Waals surface area contributed by atoms with Gasteiger partial charge < -0.3 is 23.7 Å². The summed E-state index contributed by atoms with van der Waals surface area (Å²) in [6.07, 6.45) is 36.9. The van der Waals surface area contributed by atoms with Crippen LogP contribution in [0.2, 0.25) is 0 Å². The van der Waals surface area contributed by atoms with Crippen LogP contribution in [0.25, 0.3) is 33.4 Å². The van der Waals surface area contributed by atoms with Gasteiger partial charge in [0.2, 0.25) is 15.4 Å². The highest BCUT2D eigenvalue weighted by Crippen LogP contribution is 2.45. The Labute approximate surface area is 527 Å². The molecule has 2 atom stereocenters. The molecule has 1 aliphatic carbocycles. The van der Waals surface area contributed by atoms with Gasteiger partial charge in [-0.3, -0.25) is 23.2 Å². The second-order valence-electron chi connectivity index (χ2n) is 22.8. The van der Waals surface area contributed by atoms with Crippen molar-refractivity contribution in [1.82, 2.24) is 9.30 Å². The molecule has 2 aromatic carbocycles. The minimum Gasteiger partial charge on any atom is -0.462 e. The lowest BCUT2D eigenvalue weighted by atomic mass is 9.93. The molecule has 0 saturated carbocycles. The number of hydrogen-bond acceptors (Lipinski definition) is 13. The molecule has 1 aliphatic heterocycles. The van der Waals surface area contributed by atoms with Crippen molar-refractivity contribution in [2.24, 2.45) is 0 Å². The molecule has 4 rings (SSSR count). The van der Waals surface area contributed by atoms with E-state index in [-0.39, 0.29) is 18.4 Å². The third-order valence-corrected chi connectivity index (χ3v) is 19.2. The van der Waals surface area contributed by atoms with E-state index in [2.05, 4.69) is 52.3 Å². The van der Waals surface area contributed by atoms with E-state index in [0.29, 0.717) is 40.7 Å². The van der Waals surface area contributed by atoms with Gasteiger partial charge in [-0.25, -0.2) is 22.3 Å². The molecule has 2 unspecified atom stereocenters. The average Bonchev–Trinajstić information content (AvgIpc) is 0.788. The Morgan fingerprint density at radius 1 is 0.625 bits per heavy atom. The van der Waals surface area contributed by atoms with Crippen molar-refractivity contribution in [3.63, 3.8) is 0 Å². The summed E-state index contributed by atoms with van der Waals surface area (Å²) in [7, 11) is -14.6. The first-order valence-corrected chi connectivity index (χ1v) is 37.6. The van der Waals surface area contributed by atoms with E-state index >= 15 is 0 Å². The van der Waals surface area contributed by atoms with Gasteiger partial charge in [0.1, 0.15) is 35.9 Å². The van der Waals surface area contributed by atoms with Gasteiger partial charge in [-0.2, -0.15) is 8.42 Å². The lowest BCUT2D eigenvalue weighted by molar-refractivity contribution is -0.161. The first-order chi connectivity index (χ1) is 42.4. The van der Waals surface area contributed by atoms with Crippen molar-refractivity contribution >= 4 is 56.6 Å². The molecule has 494 valence electrons. The molecular formula is C68H107N3O14PS2+. The number of phosphoric ester groups is 1. The highest BCUT2D eigenvalue weighted by molar-refractivity contribution is 7.89. The molecule has 0 spiro atoms. The Kier molecular flexibility index (Phi) is 36.5. The summed E-state index contributed by atoms with van der Waals surface area (Å²) in [5.41, 5.74) is 2.27. The number of nitrogens with zero attached hydrogens (tertiary/aromatic N) is 2. The van der Waals surface area contributed by atoms with E-state index in [1.165, 1.54) is 89.2 Å². The standard InChI is InChI=1S/C68H106N3O14PS2/c1-7-13-15-17-19-21-23-25-27-29-31-33-35-37-39-41-66(72)81-54-58(84-67(73)42-40-38-36-34-32-30-28-26-24-22-20-18-16-14-8-2)55-83-86(74,75)82-50-49-69-87(76,77)59-45-48-62(65(53-59)88(78,79)80)68-60-46-43-56(70(9-3)10-4)51-63(60)85-64-52-57(44-47-61(64)68)71(11-5)12-6/h25-28,43-48,51-53,58,69H,7-24,29-42,49-50,54-55H2,1-6H3,(H-,74,75,78,79,80)/p+1/b27-25+,28-26+. The predicted octanol–water partition coefficient (Wildman–Crippen LogP) is 16.1. The normalized spacial score (nSPS) is 13.2. The van der Waals surface area contributed by atoms with E-state index in [1.807, 2.05) is 64.1 Å². The van der Waals surface area contributed by atoms with Crippen molar-refractivity contribution in [1.29, 1.82) is 0 Å². The Morgan fingerprint density at radius 3 is 1.68 bits per heavy atom. The highest BCUT2D eigenvalue weighted by atomic mass is 32.2. The Morgan fingerprint density at radius 2 is 1.15 bits per heavy atom. The van der Waals surface area contributed by atoms with Crippen LogP contribution in [0.1, 0.15) is 221 Å². The zero-order chi connectivity index (χ0) is 64.1. The summed E-state index contributed by atoms with van der Waals surface area (Å²) in [4.78, 5) is 37.5. The first kappa shape index (κ1) is 75.7. The molecule has 0 amide bonds. The number of fused-ring (bicyclic) bond motifs is 2. The fourth-order valence-corrected chi connectivity index (χ4v) is 13.3. The van der Waals surface area contributed by atoms with Gasteiger partial charge in [0.15, 0.2) is 6.10 Å². The monoisotopic (exact) mass is 1280 g/mol. The molecule has 0 saturated heterocycles. The largest absolute Gasteiger partial charge is 0.472 e. The van der Waals surface area contributed by atoms with Crippen LogP contribution < -0.4 is 19.6 Å². The third kappa shape index (κ3) is 28.2. The van der Waals surface area contributed by atoms with Gasteiger partial charge in [0.05, 0.1) is 24.2 Å². The molecule has 0 aromatic heterocycles. The van der Waals surface area contributed by atoms with E-state index < -0.39 is 82.2 Å². The molecule has 3 N–H and O–H groups in total. The van der Waals surface area contributed by atoms with Gasteiger partial charge in [0.25, 0.3) is 10.1 Å². The maximum atomic E-state index is 13.8. The second-order valence-corrected chi connectivity index (χ2v) is 27.4. The van der Waals surface area contributed by atoms with Crippen molar-refractivity contribution in [2.45, 2.75) is 237 Å². The van der Waals surface area contributed by atoms with Gasteiger partial charge in [-0.1, -0.05) is 147 Å². The summed E-state index contributed by atoms with van der Waals surface area (Å²) < 4.78 is 110. The maximum absolute atomic E-state index is 13.8. The number of benzene rings is 3. The number of ether oxygens (including phenoxy) is 2. The smallest absolute Gasteiger partial charge is 0.462 e. The lowest BCUT2D eigenvalue weighted by Crippen LogP contribution is -2.30. The van der Waals surface area contributed by atoms with Crippen molar-refractivity contribution < 1.29 is 63.4 Å². The summed E-state index contributed by atoms with van der Waals surface area (Å²) in [6, 6.07) is 14.5. The van der Waals surface area contributed by atoms with Crippen molar-refractivity contribution in [3.8, 4) is 22.5 Å². The van der Waals surface area contributed by atoms with Crippen LogP contribution in [0.3, 0.4) is 0 Å². The number of allylic oxidation sites excluding steroid dienone is 4. The van der Waals surface area contributed by atoms with Crippen molar-refractivity contribution in [2.75, 3.05) is 57.4 Å². The molecule has 0 fully saturated rings. The summed E-state index contributed by atoms with van der Waals surface area (Å²) in [6.45, 7) is 13.1. The maximum Gasteiger partial charge on any atom is 0.472 e. The molecule has 20 heteroatoms. The van der Waals surface area contributed by atoms with Crippen LogP contribution in [0.5, 0.6) is 0 Å². The molecule has 0 radical (unpaired) electrons. The number of sulfonamides is 1. The fourth-order valence-electron chi connectivity index (χ4n) is 10.8. The second kappa shape index (κ2) is 42.4. The number of carbonyl (C=O) groups excluding carboxylic acids is 2. The SMILES string of the molecule is CCCCCCCC/C=C/CCCCCCCC(=O)OCC(COP(=O)(O)OCCNS(=O)(=O)c1ccc(-c2c3ccc(=[N+](CC)CC)cc-3oc3cc(N(CC)CC)ccc23)c(S(=O)(=O)O)c1)OC(=O)CCCCCCC/C=C/CCCCCCCC. The average molecular weight is 1290 g/mol. The van der Waals surface area contributed by atoms with Gasteiger partial charge in [0, 0.05) is 72.4 Å². The van der Waals surface area contributed by atoms with Crippen LogP contribution >= 0.6 is 7.82 Å². The highest BCUT2D eigenvalue weighted by Gasteiger charge is 2.29. The van der Waals surface area contributed by atoms with Gasteiger partial charge in [-0.15, -0.1) is 0 Å². The third-order valence-electron chi connectivity index (χ3n) is 15.8. The van der Waals surface area contributed by atoms with E-state index in [9.17, 15) is 40.4 Å². The first-order valence-electron chi connectivity index (χ1n) is 33.1. The number of esters is 2. The van der Waals surface area contributed by atoms with E-state index in [4.69, 9.17) is 22.9 Å². The Balaban J connectivity index is 1.36.